The van der Waals surface area contributed by atoms with Gasteiger partial charge in [0.2, 0.25) is 0 Å². The van der Waals surface area contributed by atoms with Gasteiger partial charge in [-0.05, 0) is 0 Å². The standard InChI is InChI=1S/2HI.K.Pb/h2*1H;;/q;;;+2/p-2. The van der Waals surface area contributed by atoms with Crippen LogP contribution in [0.15, 0.2) is 0 Å². The Morgan fingerprint density at radius 2 is 1.25 bits per heavy atom. The van der Waals surface area contributed by atoms with Crippen LogP contribution in [0, 0.1) is 0 Å². The Morgan fingerprint density at radius 3 is 1.25 bits per heavy atom. The summed E-state index contributed by atoms with van der Waals surface area (Å²) in [6.07, 6.45) is 0. The van der Waals surface area contributed by atoms with Gasteiger partial charge in [-0.15, -0.1) is 0 Å². The minimum Gasteiger partial charge on any atom is 0 e. The third-order valence-corrected chi connectivity index (χ3v) is 0. The molecule has 0 atom stereocenters. The fourth-order valence-electron chi connectivity index (χ4n) is 0. The fourth-order valence-corrected chi connectivity index (χ4v) is 0. The average Bonchev–Trinajstić information content (AvgIpc) is 0.918. The minimum absolute atomic E-state index is 0. The van der Waals surface area contributed by atoms with Gasteiger partial charge in [-0.1, -0.05) is 0 Å². The molecule has 0 spiro atoms. The van der Waals surface area contributed by atoms with E-state index in [4.69, 9.17) is 0 Å². The Hall–Kier alpha value is 4.02. The summed E-state index contributed by atoms with van der Waals surface area (Å²) < 4.78 is 0. The molecule has 4 heteroatoms. The first kappa shape index (κ1) is 10.9. The van der Waals surface area contributed by atoms with E-state index in [9.17, 15) is 0 Å². The predicted octanol–water partition coefficient (Wildman–Crippen LogP) is 1.01. The summed E-state index contributed by atoms with van der Waals surface area (Å²) in [4.78, 5) is 0. The van der Waals surface area contributed by atoms with E-state index in [1.54, 1.807) is 0 Å². The number of hydrogen-bond acceptors (Lipinski definition) is 0. The second-order valence-corrected chi connectivity index (χ2v) is 28.2. The molecule has 0 rings (SSSR count). The van der Waals surface area contributed by atoms with Gasteiger partial charge >= 0.3 is 51.2 Å². The molecule has 0 unspecified atom stereocenters. The van der Waals surface area contributed by atoms with Crippen molar-refractivity contribution in [3.8, 4) is 0 Å². The molecule has 0 aliphatic carbocycles. The van der Waals surface area contributed by atoms with Gasteiger partial charge in [-0.2, -0.15) is 0 Å². The van der Waals surface area contributed by atoms with E-state index in [0.29, 0.717) is 0 Å². The predicted molar refractivity (Wildman–Crippen MR) is 39.5 cm³/mol. The molecule has 4 heavy (non-hydrogen) atoms. The molecule has 0 aliphatic heterocycles. The van der Waals surface area contributed by atoms with E-state index < -0.39 is 0 Å². The molecule has 0 amide bonds. The Balaban J connectivity index is 0. The zero-order valence-corrected chi connectivity index (χ0v) is 13.6. The van der Waals surface area contributed by atoms with Crippen LogP contribution in [0.3, 0.4) is 0 Å². The van der Waals surface area contributed by atoms with Crippen molar-refractivity contribution in [2.45, 2.75) is 0 Å². The van der Waals surface area contributed by atoms with E-state index >= 15 is 0 Å². The van der Waals surface area contributed by atoms with Crippen molar-refractivity contribution in [3.63, 3.8) is 0 Å². The largest absolute Gasteiger partial charge is 0 e. The van der Waals surface area contributed by atoms with Crippen molar-refractivity contribution in [2.75, 3.05) is 0 Å². The summed E-state index contributed by atoms with van der Waals surface area (Å²) >= 11 is 4.96. The van der Waals surface area contributed by atoms with E-state index in [0.717, 1.165) is 0 Å². The monoisotopic (exact) mass is 501 g/mol. The minimum atomic E-state index is 0. The fraction of sp³-hybridized carbons (Fsp3) is 0. The molecule has 0 saturated heterocycles. The molecule has 0 aliphatic rings. The molecule has 0 aromatic heterocycles. The zero-order valence-electron chi connectivity index (χ0n) is 2.26. The maximum absolute atomic E-state index is 2.47. The quantitative estimate of drug-likeness (QED) is 0.345. The third-order valence-electron chi connectivity index (χ3n) is 0. The average molecular weight is 500 g/mol. The van der Waals surface area contributed by atoms with Crippen molar-refractivity contribution in [1.29, 1.82) is 0 Å². The summed E-state index contributed by atoms with van der Waals surface area (Å²) in [5.74, 6) is 0. The topological polar surface area (TPSA) is 0 Å². The van der Waals surface area contributed by atoms with Crippen LogP contribution in [0.4, 0.5) is 0 Å². The number of halogens is 2. The van der Waals surface area contributed by atoms with Crippen LogP contribution < -0.4 is 0 Å². The normalized spacial score (nSPS) is 4.50. The molecule has 0 nitrogen and oxygen atoms in total. The van der Waals surface area contributed by atoms with Crippen molar-refractivity contribution < 1.29 is 0 Å². The van der Waals surface area contributed by atoms with Crippen LogP contribution in [0.1, 0.15) is 0 Å². The van der Waals surface area contributed by atoms with Gasteiger partial charge in [0.25, 0.3) is 0 Å². The first-order valence-corrected chi connectivity index (χ1v) is 22.2. The van der Waals surface area contributed by atoms with Crippen LogP contribution in [0.2, 0.25) is 0 Å². The van der Waals surface area contributed by atoms with Gasteiger partial charge in [0.15, 0.2) is 0 Å². The van der Waals surface area contributed by atoms with Crippen LogP contribution in [0.5, 0.6) is 0 Å². The van der Waals surface area contributed by atoms with Crippen LogP contribution in [-0.2, 0) is 0 Å². The van der Waals surface area contributed by atoms with Crippen LogP contribution in [-0.4, -0.2) is 67.0 Å². The molecule has 0 bridgehead atoms. The first-order valence-electron chi connectivity index (χ1n) is 0.378. The van der Waals surface area contributed by atoms with Crippen molar-refractivity contribution in [2.24, 2.45) is 0 Å². The van der Waals surface area contributed by atoms with E-state index in [-0.39, 0.29) is 67.0 Å². The van der Waals surface area contributed by atoms with Gasteiger partial charge in [0.05, 0.1) is 0 Å². The summed E-state index contributed by atoms with van der Waals surface area (Å²) in [7, 11) is 0. The van der Waals surface area contributed by atoms with Crippen LogP contribution in [0.25, 0.3) is 0 Å². The van der Waals surface area contributed by atoms with Crippen LogP contribution >= 0.6 is 35.5 Å². The number of rotatable bonds is 0. The van der Waals surface area contributed by atoms with Gasteiger partial charge in [-0.25, -0.2) is 0 Å². The summed E-state index contributed by atoms with van der Waals surface area (Å²) in [6, 6.07) is 0. The van der Waals surface area contributed by atoms with Crippen molar-refractivity contribution in [1.82, 2.24) is 0 Å². The molecular formula is I2KPb. The van der Waals surface area contributed by atoms with Crippen molar-refractivity contribution >= 4 is 103 Å². The zero-order chi connectivity index (χ0) is 2.71. The molecule has 0 aromatic rings. The Bertz CT molecular complexity index is 6.00. The molecule has 0 aromatic carbocycles. The maximum atomic E-state index is 2.47. The summed E-state index contributed by atoms with van der Waals surface area (Å²) in [6.45, 7) is 0. The Morgan fingerprint density at radius 1 is 1.25 bits per heavy atom. The second-order valence-electron chi connectivity index (χ2n) is 0.0714. The van der Waals surface area contributed by atoms with Gasteiger partial charge in [0.1, 0.15) is 0 Å². The van der Waals surface area contributed by atoms with Gasteiger partial charge in [0, 0.05) is 51.4 Å². The van der Waals surface area contributed by atoms with E-state index in [2.05, 4.69) is 35.5 Å². The van der Waals surface area contributed by atoms with E-state index in [1.807, 2.05) is 0 Å². The molecule has 0 heterocycles. The molecule has 0 N–H and O–H groups in total. The molecular weight excluding hydrogens is 500 g/mol. The molecule has 0 fully saturated rings. The Kier molecular flexibility index (Phi) is 27.5. The SMILES string of the molecule is [I][Pb][I].[K]. The Labute approximate surface area is 98.8 Å². The van der Waals surface area contributed by atoms with Gasteiger partial charge < -0.3 is 0 Å². The summed E-state index contributed by atoms with van der Waals surface area (Å²) in [5, 5.41) is 0. The van der Waals surface area contributed by atoms with Crippen molar-refractivity contribution in [3.05, 3.63) is 0 Å². The second kappa shape index (κ2) is 10.1. The molecule has 3 radical (unpaired) electrons. The third kappa shape index (κ3) is 9.39. The smallest absolute Gasteiger partial charge is 0 e. The number of hydrogen-bond donors (Lipinski definition) is 0. The molecule has 19 valence electrons. The maximum Gasteiger partial charge on any atom is 0 e. The molecule has 0 saturated carbocycles. The summed E-state index contributed by atoms with van der Waals surface area (Å²) in [5.41, 5.74) is 0. The van der Waals surface area contributed by atoms with E-state index in [1.165, 1.54) is 0 Å². The van der Waals surface area contributed by atoms with Gasteiger partial charge in [-0.3, -0.25) is 0 Å². The first-order chi connectivity index (χ1) is 1.41.